The van der Waals surface area contributed by atoms with Gasteiger partial charge in [0.2, 0.25) is 0 Å². The summed E-state index contributed by atoms with van der Waals surface area (Å²) >= 11 is 0. The molecule has 5 nitrogen and oxygen atoms in total. The Labute approximate surface area is 101 Å². The molecule has 5 heteroatoms. The van der Waals surface area contributed by atoms with Gasteiger partial charge in [0.15, 0.2) is 0 Å². The average Bonchev–Trinajstić information content (AvgIpc) is 2.71. The lowest BCUT2D eigenvalue weighted by Gasteiger charge is -2.34. The summed E-state index contributed by atoms with van der Waals surface area (Å²) in [4.78, 5) is 13.8. The highest BCUT2D eigenvalue weighted by molar-refractivity contribution is 5.95. The topological polar surface area (TPSA) is 62.1 Å². The Balaban J connectivity index is 2.13. The number of carbonyl (C=O) groups is 1. The predicted octanol–water partition coefficient (Wildman–Crippen LogP) is 2.23. The van der Waals surface area contributed by atoms with Crippen LogP contribution in [-0.2, 0) is 4.74 Å². The van der Waals surface area contributed by atoms with Gasteiger partial charge in [-0.1, -0.05) is 5.16 Å². The van der Waals surface area contributed by atoms with Gasteiger partial charge in [-0.05, 0) is 46.5 Å². The molecule has 3 unspecified atom stereocenters. The highest BCUT2D eigenvalue weighted by atomic mass is 16.6. The Bertz CT molecular complexity index is 359. The van der Waals surface area contributed by atoms with Gasteiger partial charge in [0.1, 0.15) is 5.60 Å². The number of likely N-dealkylation sites (tertiary alicyclic amines) is 1. The van der Waals surface area contributed by atoms with Gasteiger partial charge in [-0.25, -0.2) is 4.79 Å². The monoisotopic (exact) mass is 240 g/mol. The third kappa shape index (κ3) is 2.10. The second-order valence-corrected chi connectivity index (χ2v) is 5.94. The molecule has 2 bridgehead atoms. The van der Waals surface area contributed by atoms with E-state index >= 15 is 0 Å². The third-order valence-corrected chi connectivity index (χ3v) is 3.57. The number of rotatable bonds is 0. The smallest absolute Gasteiger partial charge is 0.411 e. The highest BCUT2D eigenvalue weighted by Crippen LogP contribution is 2.41. The first-order valence-corrected chi connectivity index (χ1v) is 6.05. The summed E-state index contributed by atoms with van der Waals surface area (Å²) in [6.07, 6.45) is 1.37. The fourth-order valence-electron chi connectivity index (χ4n) is 2.78. The molecule has 2 rings (SSSR count). The number of fused-ring (bicyclic) bond motifs is 2. The molecule has 2 aliphatic rings. The van der Waals surface area contributed by atoms with E-state index in [1.165, 1.54) is 0 Å². The van der Waals surface area contributed by atoms with Crippen molar-refractivity contribution in [2.75, 3.05) is 0 Å². The van der Waals surface area contributed by atoms with Gasteiger partial charge >= 0.3 is 6.09 Å². The Morgan fingerprint density at radius 1 is 1.53 bits per heavy atom. The van der Waals surface area contributed by atoms with E-state index < -0.39 is 5.60 Å². The molecule has 1 N–H and O–H groups in total. The normalized spacial score (nSPS) is 34.5. The summed E-state index contributed by atoms with van der Waals surface area (Å²) in [6, 6.07) is 0.0928. The molecule has 1 saturated carbocycles. The van der Waals surface area contributed by atoms with Gasteiger partial charge in [-0.15, -0.1) is 0 Å². The molecule has 0 aromatic heterocycles. The lowest BCUT2D eigenvalue weighted by atomic mass is 10.00. The van der Waals surface area contributed by atoms with E-state index in [-0.39, 0.29) is 18.2 Å². The lowest BCUT2D eigenvalue weighted by molar-refractivity contribution is 0.0173. The number of nitrogens with zero attached hydrogens (tertiary/aromatic N) is 2. The minimum Gasteiger partial charge on any atom is -0.444 e. The van der Waals surface area contributed by atoms with Crippen LogP contribution in [0, 0.1) is 5.92 Å². The van der Waals surface area contributed by atoms with Crippen molar-refractivity contribution in [2.45, 2.75) is 58.2 Å². The molecule has 1 amide bonds. The maximum Gasteiger partial charge on any atom is 0.411 e. The molecule has 0 radical (unpaired) electrons. The lowest BCUT2D eigenvalue weighted by Crippen LogP contribution is -2.49. The molecular formula is C12H20N2O3. The highest BCUT2D eigenvalue weighted by Gasteiger charge is 2.51. The van der Waals surface area contributed by atoms with E-state index in [1.54, 1.807) is 4.90 Å². The molecule has 3 atom stereocenters. The van der Waals surface area contributed by atoms with Gasteiger partial charge in [-0.2, -0.15) is 0 Å². The van der Waals surface area contributed by atoms with Crippen LogP contribution in [0.2, 0.25) is 0 Å². The van der Waals surface area contributed by atoms with Gasteiger partial charge in [0, 0.05) is 6.04 Å². The van der Waals surface area contributed by atoms with E-state index in [4.69, 9.17) is 9.94 Å². The largest absolute Gasteiger partial charge is 0.444 e. The fourth-order valence-corrected chi connectivity index (χ4v) is 2.78. The second kappa shape index (κ2) is 3.89. The Morgan fingerprint density at radius 2 is 2.18 bits per heavy atom. The zero-order valence-electron chi connectivity index (χ0n) is 10.8. The summed E-state index contributed by atoms with van der Waals surface area (Å²) in [6.45, 7) is 7.59. The minimum atomic E-state index is -0.491. The molecule has 1 aliphatic heterocycles. The van der Waals surface area contributed by atoms with Crippen LogP contribution < -0.4 is 0 Å². The van der Waals surface area contributed by atoms with E-state index in [0.717, 1.165) is 12.8 Å². The van der Waals surface area contributed by atoms with Crippen molar-refractivity contribution in [3.63, 3.8) is 0 Å². The first kappa shape index (κ1) is 12.2. The maximum absolute atomic E-state index is 12.1. The average molecular weight is 240 g/mol. The Kier molecular flexibility index (Phi) is 2.79. The van der Waals surface area contributed by atoms with E-state index in [0.29, 0.717) is 11.6 Å². The van der Waals surface area contributed by atoms with Crippen LogP contribution in [0.1, 0.15) is 40.5 Å². The van der Waals surface area contributed by atoms with Gasteiger partial charge in [0.05, 0.1) is 11.8 Å². The molecule has 1 aliphatic carbocycles. The van der Waals surface area contributed by atoms with Crippen molar-refractivity contribution in [1.82, 2.24) is 4.90 Å². The molecule has 1 saturated heterocycles. The zero-order chi connectivity index (χ0) is 12.8. The summed E-state index contributed by atoms with van der Waals surface area (Å²) in [7, 11) is 0. The summed E-state index contributed by atoms with van der Waals surface area (Å²) in [5.41, 5.74) is 0.216. The van der Waals surface area contributed by atoms with Crippen molar-refractivity contribution in [3.8, 4) is 0 Å². The number of hydrogen-bond donors (Lipinski definition) is 1. The van der Waals surface area contributed by atoms with Crippen LogP contribution in [0.15, 0.2) is 5.16 Å². The Morgan fingerprint density at radius 3 is 2.65 bits per heavy atom. The number of amides is 1. The Hall–Kier alpha value is -1.26. The first-order valence-electron chi connectivity index (χ1n) is 6.05. The quantitative estimate of drug-likeness (QED) is 0.521. The third-order valence-electron chi connectivity index (χ3n) is 3.57. The van der Waals surface area contributed by atoms with E-state index in [1.807, 2.05) is 27.7 Å². The number of oxime groups is 1. The summed E-state index contributed by atoms with van der Waals surface area (Å²) in [5.74, 6) is 0.401. The standard InChI is InChI=1S/C12H20N2O3/c1-7-8-5-9(13-16)10(6-8)14(7)11(15)17-12(2,3)4/h7-8,10,16H,5-6H2,1-4H3/b13-9+. The predicted molar refractivity (Wildman–Crippen MR) is 63.3 cm³/mol. The number of piperidine rings is 1. The zero-order valence-corrected chi connectivity index (χ0v) is 10.8. The maximum atomic E-state index is 12.1. The minimum absolute atomic E-state index is 0.0742. The number of hydrogen-bond acceptors (Lipinski definition) is 4. The van der Waals surface area contributed by atoms with E-state index in [9.17, 15) is 4.79 Å². The number of ether oxygens (including phenoxy) is 1. The van der Waals surface area contributed by atoms with Crippen molar-refractivity contribution in [1.29, 1.82) is 0 Å². The van der Waals surface area contributed by atoms with Crippen LogP contribution in [0.25, 0.3) is 0 Å². The van der Waals surface area contributed by atoms with Crippen LogP contribution in [-0.4, -0.2) is 39.6 Å². The second-order valence-electron chi connectivity index (χ2n) is 5.94. The number of carbonyl (C=O) groups excluding carboxylic acids is 1. The van der Waals surface area contributed by atoms with Crippen LogP contribution in [0.4, 0.5) is 4.79 Å². The van der Waals surface area contributed by atoms with Crippen LogP contribution in [0.3, 0.4) is 0 Å². The van der Waals surface area contributed by atoms with Crippen molar-refractivity contribution in [2.24, 2.45) is 11.1 Å². The molecule has 17 heavy (non-hydrogen) atoms. The van der Waals surface area contributed by atoms with E-state index in [2.05, 4.69) is 5.16 Å². The van der Waals surface area contributed by atoms with Gasteiger partial charge in [0.25, 0.3) is 0 Å². The van der Waals surface area contributed by atoms with Crippen molar-refractivity contribution >= 4 is 11.8 Å². The SMILES string of the molecule is CC1C2C/C(=N\O)C(C2)N1C(=O)OC(C)(C)C. The molecular weight excluding hydrogens is 220 g/mol. The van der Waals surface area contributed by atoms with Crippen molar-refractivity contribution < 1.29 is 14.7 Å². The molecule has 0 aromatic rings. The van der Waals surface area contributed by atoms with Gasteiger partial charge < -0.3 is 9.94 Å². The summed E-state index contributed by atoms with van der Waals surface area (Å²) < 4.78 is 5.39. The molecule has 2 fully saturated rings. The van der Waals surface area contributed by atoms with Crippen molar-refractivity contribution in [3.05, 3.63) is 0 Å². The molecule has 0 spiro atoms. The van der Waals surface area contributed by atoms with Crippen LogP contribution >= 0.6 is 0 Å². The molecule has 96 valence electrons. The first-order chi connectivity index (χ1) is 7.83. The molecule has 1 heterocycles. The molecule has 0 aromatic carbocycles. The fraction of sp³-hybridized carbons (Fsp3) is 0.833. The summed E-state index contributed by atoms with van der Waals surface area (Å²) in [5, 5.41) is 12.2. The van der Waals surface area contributed by atoms with Gasteiger partial charge in [-0.3, -0.25) is 4.90 Å². The van der Waals surface area contributed by atoms with Crippen LogP contribution in [0.5, 0.6) is 0 Å².